The molecule has 0 heterocycles. The van der Waals surface area contributed by atoms with E-state index in [1.165, 1.54) is 38.5 Å². The highest BCUT2D eigenvalue weighted by Gasteiger charge is 2.17. The van der Waals surface area contributed by atoms with Gasteiger partial charge in [0.25, 0.3) is 0 Å². The van der Waals surface area contributed by atoms with Crippen LogP contribution in [0.1, 0.15) is 10.4 Å². The quantitative estimate of drug-likeness (QED) is 0.931. The smallest absolute Gasteiger partial charge is 0.335 e. The van der Waals surface area contributed by atoms with Crippen LogP contribution in [0.4, 0.5) is 4.39 Å². The zero-order valence-corrected chi connectivity index (χ0v) is 11.0. The van der Waals surface area contributed by atoms with E-state index in [4.69, 9.17) is 14.6 Å². The normalized spacial score (nSPS) is 10.2. The van der Waals surface area contributed by atoms with Crippen LogP contribution >= 0.6 is 0 Å². The molecular formula is C15H13FO4. The molecule has 0 fully saturated rings. The molecule has 1 N–H and O–H groups in total. The zero-order chi connectivity index (χ0) is 14.7. The van der Waals surface area contributed by atoms with E-state index in [1.807, 2.05) is 0 Å². The monoisotopic (exact) mass is 276 g/mol. The topological polar surface area (TPSA) is 55.8 Å². The number of halogens is 1. The maximum Gasteiger partial charge on any atom is 0.335 e. The summed E-state index contributed by atoms with van der Waals surface area (Å²) in [5.41, 5.74) is 1.25. The molecule has 0 aliphatic heterocycles. The SMILES string of the molecule is COc1cc(C(=O)O)cc(-c2ccc(F)cc2)c1OC. The summed E-state index contributed by atoms with van der Waals surface area (Å²) in [5, 5.41) is 9.13. The number of methoxy groups -OCH3 is 2. The molecule has 0 amide bonds. The Labute approximate surface area is 115 Å². The summed E-state index contributed by atoms with van der Waals surface area (Å²) >= 11 is 0. The summed E-state index contributed by atoms with van der Waals surface area (Å²) in [4.78, 5) is 11.1. The van der Waals surface area contributed by atoms with Crippen molar-refractivity contribution in [2.75, 3.05) is 14.2 Å². The minimum absolute atomic E-state index is 0.0713. The van der Waals surface area contributed by atoms with E-state index in [-0.39, 0.29) is 11.4 Å². The summed E-state index contributed by atoms with van der Waals surface area (Å²) in [6.07, 6.45) is 0. The Morgan fingerprint density at radius 2 is 1.75 bits per heavy atom. The van der Waals surface area contributed by atoms with Gasteiger partial charge < -0.3 is 14.6 Å². The molecule has 2 aromatic rings. The van der Waals surface area contributed by atoms with E-state index in [1.54, 1.807) is 12.1 Å². The fourth-order valence-electron chi connectivity index (χ4n) is 1.93. The number of carbonyl (C=O) groups is 1. The second-order valence-corrected chi connectivity index (χ2v) is 4.07. The fraction of sp³-hybridized carbons (Fsp3) is 0.133. The molecule has 0 atom stereocenters. The second-order valence-electron chi connectivity index (χ2n) is 4.07. The van der Waals surface area contributed by atoms with Gasteiger partial charge in [0.15, 0.2) is 11.5 Å². The molecule has 0 bridgehead atoms. The number of carboxylic acids is 1. The summed E-state index contributed by atoms with van der Waals surface area (Å²) in [5.74, 6) is -0.723. The van der Waals surface area contributed by atoms with Crippen molar-refractivity contribution in [1.82, 2.24) is 0 Å². The van der Waals surface area contributed by atoms with Crippen molar-refractivity contribution in [2.45, 2.75) is 0 Å². The molecule has 0 aliphatic rings. The molecule has 0 unspecified atom stereocenters. The molecule has 0 aliphatic carbocycles. The van der Waals surface area contributed by atoms with Crippen molar-refractivity contribution in [3.05, 3.63) is 47.8 Å². The Bertz CT molecular complexity index is 635. The predicted molar refractivity (Wildman–Crippen MR) is 71.9 cm³/mol. The van der Waals surface area contributed by atoms with Crippen LogP contribution in [-0.4, -0.2) is 25.3 Å². The van der Waals surface area contributed by atoms with Crippen LogP contribution in [0.15, 0.2) is 36.4 Å². The van der Waals surface area contributed by atoms with Crippen LogP contribution in [-0.2, 0) is 0 Å². The van der Waals surface area contributed by atoms with Gasteiger partial charge in [0.05, 0.1) is 19.8 Å². The second kappa shape index (κ2) is 5.61. The molecular weight excluding hydrogens is 263 g/mol. The van der Waals surface area contributed by atoms with Crippen molar-refractivity contribution in [3.8, 4) is 22.6 Å². The number of hydrogen-bond acceptors (Lipinski definition) is 3. The summed E-state index contributed by atoms with van der Waals surface area (Å²) in [6.45, 7) is 0. The zero-order valence-electron chi connectivity index (χ0n) is 11.0. The van der Waals surface area contributed by atoms with Crippen molar-refractivity contribution in [3.63, 3.8) is 0 Å². The lowest BCUT2D eigenvalue weighted by molar-refractivity contribution is 0.0696. The van der Waals surface area contributed by atoms with Gasteiger partial charge in [0.2, 0.25) is 0 Å². The van der Waals surface area contributed by atoms with Crippen LogP contribution in [0.5, 0.6) is 11.5 Å². The Hall–Kier alpha value is -2.56. The molecule has 2 rings (SSSR count). The first kappa shape index (κ1) is 13.9. The average Bonchev–Trinajstić information content (AvgIpc) is 2.46. The van der Waals surface area contributed by atoms with Gasteiger partial charge in [-0.2, -0.15) is 0 Å². The first-order valence-corrected chi connectivity index (χ1v) is 5.82. The molecule has 104 valence electrons. The predicted octanol–water partition coefficient (Wildman–Crippen LogP) is 3.21. The lowest BCUT2D eigenvalue weighted by atomic mass is 10.0. The van der Waals surface area contributed by atoms with E-state index in [9.17, 15) is 9.18 Å². The number of hydrogen-bond donors (Lipinski definition) is 1. The van der Waals surface area contributed by atoms with Crippen molar-refractivity contribution >= 4 is 5.97 Å². The van der Waals surface area contributed by atoms with Crippen LogP contribution < -0.4 is 9.47 Å². The average molecular weight is 276 g/mol. The van der Waals surface area contributed by atoms with Gasteiger partial charge in [-0.15, -0.1) is 0 Å². The first-order valence-electron chi connectivity index (χ1n) is 5.82. The molecule has 5 heteroatoms. The third-order valence-electron chi connectivity index (χ3n) is 2.88. The van der Waals surface area contributed by atoms with Gasteiger partial charge in [0.1, 0.15) is 5.82 Å². The number of rotatable bonds is 4. The summed E-state index contributed by atoms with van der Waals surface area (Å²) in [7, 11) is 2.89. The minimum atomic E-state index is -1.07. The fourth-order valence-corrected chi connectivity index (χ4v) is 1.93. The first-order chi connectivity index (χ1) is 9.56. The van der Waals surface area contributed by atoms with Crippen LogP contribution in [0.3, 0.4) is 0 Å². The van der Waals surface area contributed by atoms with Crippen molar-refractivity contribution in [1.29, 1.82) is 0 Å². The molecule has 0 saturated carbocycles. The van der Waals surface area contributed by atoms with Crippen LogP contribution in [0.25, 0.3) is 11.1 Å². The van der Waals surface area contributed by atoms with E-state index in [2.05, 4.69) is 0 Å². The molecule has 0 aromatic heterocycles. The standard InChI is InChI=1S/C15H13FO4/c1-19-13-8-10(15(17)18)7-12(14(13)20-2)9-3-5-11(16)6-4-9/h3-8H,1-2H3,(H,17,18). The largest absolute Gasteiger partial charge is 0.493 e. The van der Waals surface area contributed by atoms with Gasteiger partial charge in [-0.25, -0.2) is 9.18 Å². The molecule has 0 radical (unpaired) electrons. The van der Waals surface area contributed by atoms with E-state index >= 15 is 0 Å². The lowest BCUT2D eigenvalue weighted by Crippen LogP contribution is -2.01. The molecule has 0 saturated heterocycles. The summed E-state index contributed by atoms with van der Waals surface area (Å²) in [6, 6.07) is 8.56. The Kier molecular flexibility index (Phi) is 3.89. The highest BCUT2D eigenvalue weighted by atomic mass is 19.1. The highest BCUT2D eigenvalue weighted by Crippen LogP contribution is 2.39. The Morgan fingerprint density at radius 1 is 1.10 bits per heavy atom. The molecule has 2 aromatic carbocycles. The minimum Gasteiger partial charge on any atom is -0.493 e. The Morgan fingerprint density at radius 3 is 2.25 bits per heavy atom. The number of ether oxygens (including phenoxy) is 2. The van der Waals surface area contributed by atoms with Crippen molar-refractivity contribution < 1.29 is 23.8 Å². The van der Waals surface area contributed by atoms with Gasteiger partial charge in [-0.3, -0.25) is 0 Å². The van der Waals surface area contributed by atoms with Gasteiger partial charge in [0, 0.05) is 5.56 Å². The maximum atomic E-state index is 13.0. The highest BCUT2D eigenvalue weighted by molar-refractivity contribution is 5.92. The van der Waals surface area contributed by atoms with E-state index in [0.29, 0.717) is 22.6 Å². The maximum absolute atomic E-state index is 13.0. The molecule has 20 heavy (non-hydrogen) atoms. The lowest BCUT2D eigenvalue weighted by Gasteiger charge is -2.14. The van der Waals surface area contributed by atoms with Crippen LogP contribution in [0.2, 0.25) is 0 Å². The van der Waals surface area contributed by atoms with Gasteiger partial charge >= 0.3 is 5.97 Å². The van der Waals surface area contributed by atoms with Gasteiger partial charge in [-0.05, 0) is 29.8 Å². The number of carboxylic acid groups (broad SMARTS) is 1. The van der Waals surface area contributed by atoms with E-state index < -0.39 is 5.97 Å². The third kappa shape index (κ3) is 2.56. The third-order valence-corrected chi connectivity index (χ3v) is 2.88. The summed E-state index contributed by atoms with van der Waals surface area (Å²) < 4.78 is 23.4. The Balaban J connectivity index is 2.68. The molecule has 4 nitrogen and oxygen atoms in total. The number of benzene rings is 2. The number of aromatic carboxylic acids is 1. The molecule has 0 spiro atoms. The van der Waals surface area contributed by atoms with Crippen LogP contribution in [0, 0.1) is 5.82 Å². The van der Waals surface area contributed by atoms with Crippen molar-refractivity contribution in [2.24, 2.45) is 0 Å². The van der Waals surface area contributed by atoms with Gasteiger partial charge in [-0.1, -0.05) is 12.1 Å². The van der Waals surface area contributed by atoms with E-state index in [0.717, 1.165) is 0 Å².